The lowest BCUT2D eigenvalue weighted by Crippen LogP contribution is -2.21. The van der Waals surface area contributed by atoms with Crippen LogP contribution >= 0.6 is 0 Å². The zero-order valence-corrected chi connectivity index (χ0v) is 13.2. The molecule has 2 aromatic carbocycles. The van der Waals surface area contributed by atoms with E-state index in [0.717, 1.165) is 17.5 Å². The zero-order chi connectivity index (χ0) is 15.4. The van der Waals surface area contributed by atoms with E-state index in [4.69, 9.17) is 4.74 Å². The first-order valence-electron chi connectivity index (χ1n) is 7.65. The van der Waals surface area contributed by atoms with Crippen molar-refractivity contribution in [2.24, 2.45) is 5.92 Å². The van der Waals surface area contributed by atoms with E-state index in [9.17, 15) is 8.42 Å². The van der Waals surface area contributed by atoms with Crippen molar-refractivity contribution in [1.29, 1.82) is 0 Å². The molecule has 1 unspecified atom stereocenters. The summed E-state index contributed by atoms with van der Waals surface area (Å²) in [6.07, 6.45) is 0.741. The monoisotopic (exact) mass is 314 g/mol. The number of rotatable bonds is 2. The van der Waals surface area contributed by atoms with E-state index < -0.39 is 15.4 Å². The van der Waals surface area contributed by atoms with E-state index in [1.807, 2.05) is 49.4 Å². The second-order valence-electron chi connectivity index (χ2n) is 6.09. The Hall–Kier alpha value is -1.65. The molecular weight excluding hydrogens is 296 g/mol. The summed E-state index contributed by atoms with van der Waals surface area (Å²) in [4.78, 5) is 0.428. The number of epoxide rings is 1. The molecule has 0 aliphatic carbocycles. The van der Waals surface area contributed by atoms with Gasteiger partial charge in [-0.15, -0.1) is 0 Å². The summed E-state index contributed by atoms with van der Waals surface area (Å²) >= 11 is 0. The first-order valence-corrected chi connectivity index (χ1v) is 9.30. The highest BCUT2D eigenvalue weighted by atomic mass is 32.2. The number of hydrogen-bond donors (Lipinski definition) is 0. The molecule has 2 heterocycles. The zero-order valence-electron chi connectivity index (χ0n) is 12.4. The van der Waals surface area contributed by atoms with Gasteiger partial charge in [0.2, 0.25) is 0 Å². The molecule has 2 aliphatic rings. The predicted octanol–water partition coefficient (Wildman–Crippen LogP) is 3.14. The molecule has 1 fully saturated rings. The fourth-order valence-corrected chi connectivity index (χ4v) is 5.71. The van der Waals surface area contributed by atoms with E-state index in [1.54, 1.807) is 12.1 Å². The lowest BCUT2D eigenvalue weighted by Gasteiger charge is -2.16. The fraction of sp³-hybridized carbons (Fsp3) is 0.333. The molecule has 3 nitrogen and oxygen atoms in total. The summed E-state index contributed by atoms with van der Waals surface area (Å²) in [6.45, 7) is 2.04. The molecule has 0 spiro atoms. The molecule has 0 amide bonds. The quantitative estimate of drug-likeness (QED) is 0.800. The van der Waals surface area contributed by atoms with E-state index in [0.29, 0.717) is 4.90 Å². The molecule has 1 saturated heterocycles. The second-order valence-corrected chi connectivity index (χ2v) is 8.09. The Balaban J connectivity index is 2.00. The molecule has 114 valence electrons. The maximum Gasteiger partial charge on any atom is 0.179 e. The van der Waals surface area contributed by atoms with Crippen molar-refractivity contribution in [2.45, 2.75) is 29.9 Å². The van der Waals surface area contributed by atoms with Gasteiger partial charge >= 0.3 is 0 Å². The Labute approximate surface area is 130 Å². The van der Waals surface area contributed by atoms with Crippen LogP contribution in [0.4, 0.5) is 0 Å². The van der Waals surface area contributed by atoms with Crippen molar-refractivity contribution in [3.8, 4) is 0 Å². The summed E-state index contributed by atoms with van der Waals surface area (Å²) < 4.78 is 31.7. The maximum atomic E-state index is 12.7. The van der Waals surface area contributed by atoms with E-state index in [1.165, 1.54) is 0 Å². The largest absolute Gasteiger partial charge is 0.355 e. The first-order chi connectivity index (χ1) is 10.6. The van der Waals surface area contributed by atoms with E-state index in [2.05, 4.69) is 0 Å². The molecule has 3 atom stereocenters. The van der Waals surface area contributed by atoms with Crippen molar-refractivity contribution in [3.63, 3.8) is 0 Å². The minimum atomic E-state index is -3.27. The molecule has 2 aliphatic heterocycles. The van der Waals surface area contributed by atoms with Gasteiger partial charge in [-0.3, -0.25) is 0 Å². The van der Waals surface area contributed by atoms with Crippen LogP contribution in [0, 0.1) is 5.92 Å². The first kappa shape index (κ1) is 14.0. The van der Waals surface area contributed by atoms with Crippen LogP contribution in [0.2, 0.25) is 0 Å². The highest BCUT2D eigenvalue weighted by Crippen LogP contribution is 2.58. The van der Waals surface area contributed by atoms with Crippen LogP contribution in [-0.2, 0) is 20.2 Å². The Bertz CT molecular complexity index is 813. The van der Waals surface area contributed by atoms with Crippen LogP contribution in [0.5, 0.6) is 0 Å². The average molecular weight is 314 g/mol. The van der Waals surface area contributed by atoms with Crippen LogP contribution in [0.1, 0.15) is 24.5 Å². The van der Waals surface area contributed by atoms with Gasteiger partial charge in [-0.25, -0.2) is 8.42 Å². The Kier molecular flexibility index (Phi) is 2.97. The third kappa shape index (κ3) is 1.80. The van der Waals surface area contributed by atoms with Gasteiger partial charge in [0, 0.05) is 11.5 Å². The van der Waals surface area contributed by atoms with Crippen LogP contribution in [-0.4, -0.2) is 20.3 Å². The SMILES string of the molecule is CCC1CS(=O)(=O)c2ccccc2[C@@]2(c3ccccc3)O[C@@H]12. The van der Waals surface area contributed by atoms with E-state index in [-0.39, 0.29) is 17.8 Å². The number of ether oxygens (including phenoxy) is 1. The van der Waals surface area contributed by atoms with E-state index >= 15 is 0 Å². The average Bonchev–Trinajstić information content (AvgIpc) is 3.30. The third-order valence-corrected chi connectivity index (χ3v) is 6.76. The smallest absolute Gasteiger partial charge is 0.179 e. The molecule has 0 radical (unpaired) electrons. The second kappa shape index (κ2) is 4.67. The number of benzene rings is 2. The Morgan fingerprint density at radius 1 is 1.09 bits per heavy atom. The van der Waals surface area contributed by atoms with Gasteiger partial charge < -0.3 is 4.74 Å². The number of fused-ring (bicyclic) bond motifs is 3. The molecule has 2 aromatic rings. The van der Waals surface area contributed by atoms with Gasteiger partial charge in [-0.1, -0.05) is 55.5 Å². The summed E-state index contributed by atoms with van der Waals surface area (Å²) in [5, 5.41) is 0. The number of sulfone groups is 1. The fourth-order valence-electron chi connectivity index (χ4n) is 3.72. The van der Waals surface area contributed by atoms with Gasteiger partial charge in [-0.2, -0.15) is 0 Å². The summed E-state index contributed by atoms with van der Waals surface area (Å²) in [5.74, 6) is 0.192. The molecule has 0 saturated carbocycles. The van der Waals surface area contributed by atoms with Crippen LogP contribution in [0.15, 0.2) is 59.5 Å². The summed E-state index contributed by atoms with van der Waals surface area (Å²) in [6, 6.07) is 17.3. The highest BCUT2D eigenvalue weighted by molar-refractivity contribution is 7.91. The van der Waals surface area contributed by atoms with Crippen molar-refractivity contribution < 1.29 is 13.2 Å². The lowest BCUT2D eigenvalue weighted by molar-refractivity contribution is 0.294. The molecule has 4 rings (SSSR count). The number of hydrogen-bond acceptors (Lipinski definition) is 3. The Morgan fingerprint density at radius 3 is 2.50 bits per heavy atom. The maximum absolute atomic E-state index is 12.7. The summed E-state index contributed by atoms with van der Waals surface area (Å²) in [5.41, 5.74) is 1.24. The van der Waals surface area contributed by atoms with Gasteiger partial charge in [0.15, 0.2) is 9.84 Å². The topological polar surface area (TPSA) is 46.7 Å². The molecule has 22 heavy (non-hydrogen) atoms. The van der Waals surface area contributed by atoms with Crippen LogP contribution in [0.25, 0.3) is 0 Å². The van der Waals surface area contributed by atoms with Crippen molar-refractivity contribution in [3.05, 3.63) is 65.7 Å². The van der Waals surface area contributed by atoms with Crippen molar-refractivity contribution >= 4 is 9.84 Å². The van der Waals surface area contributed by atoms with Gasteiger partial charge in [0.05, 0.1) is 10.6 Å². The molecule has 0 bridgehead atoms. The van der Waals surface area contributed by atoms with Gasteiger partial charge in [0.1, 0.15) is 11.7 Å². The van der Waals surface area contributed by atoms with Crippen LogP contribution in [0.3, 0.4) is 0 Å². The van der Waals surface area contributed by atoms with Crippen LogP contribution < -0.4 is 0 Å². The standard InChI is InChI=1S/C18H18O3S/c1-2-13-12-22(19,20)16-11-7-6-10-15(16)18(17(13)21-18)14-8-4-3-5-9-14/h3-11,13,17H,2,12H2,1H3/t13?,17-,18+/m0/s1. The normalized spacial score (nSPS) is 31.7. The lowest BCUT2D eigenvalue weighted by atomic mass is 9.83. The van der Waals surface area contributed by atoms with Gasteiger partial charge in [0.25, 0.3) is 0 Å². The minimum Gasteiger partial charge on any atom is -0.355 e. The predicted molar refractivity (Wildman–Crippen MR) is 84.4 cm³/mol. The molecule has 0 N–H and O–H groups in total. The third-order valence-electron chi connectivity index (χ3n) is 4.87. The summed E-state index contributed by atoms with van der Waals surface area (Å²) in [7, 11) is -3.27. The highest BCUT2D eigenvalue weighted by Gasteiger charge is 2.64. The molecule has 4 heteroatoms. The molecule has 0 aromatic heterocycles. The Morgan fingerprint density at radius 2 is 1.77 bits per heavy atom. The van der Waals surface area contributed by atoms with Crippen molar-refractivity contribution in [2.75, 3.05) is 5.75 Å². The van der Waals surface area contributed by atoms with Gasteiger partial charge in [-0.05, 0) is 18.1 Å². The molecular formula is C18H18O3S. The van der Waals surface area contributed by atoms with Crippen molar-refractivity contribution in [1.82, 2.24) is 0 Å². The minimum absolute atomic E-state index is 0.0256.